The van der Waals surface area contributed by atoms with Crippen LogP contribution in [0.2, 0.25) is 0 Å². The standard InChI is InChI=1S/C12H17NS2/c1-8(2)11-7-15-12-6-9(14-3)4-5-10(12)13-11/h4-6,8,11,13H,7H2,1-3H3. The molecule has 1 unspecified atom stereocenters. The zero-order valence-electron chi connectivity index (χ0n) is 9.41. The molecule has 1 aromatic carbocycles. The molecule has 1 aromatic rings. The molecule has 0 radical (unpaired) electrons. The lowest BCUT2D eigenvalue weighted by molar-refractivity contribution is 0.562. The van der Waals surface area contributed by atoms with Gasteiger partial charge in [0.2, 0.25) is 0 Å². The summed E-state index contributed by atoms with van der Waals surface area (Å²) in [5, 5.41) is 3.62. The van der Waals surface area contributed by atoms with Crippen molar-refractivity contribution in [3.05, 3.63) is 18.2 Å². The molecule has 1 aliphatic rings. The second-order valence-corrected chi connectivity index (χ2v) is 6.11. The Labute approximate surface area is 100 Å². The Hall–Kier alpha value is -0.280. The van der Waals surface area contributed by atoms with Gasteiger partial charge in [0.25, 0.3) is 0 Å². The van der Waals surface area contributed by atoms with Crippen LogP contribution in [0.15, 0.2) is 28.0 Å². The summed E-state index contributed by atoms with van der Waals surface area (Å²) in [5.41, 5.74) is 1.31. The number of benzene rings is 1. The molecule has 0 bridgehead atoms. The smallest absolute Gasteiger partial charge is 0.0481 e. The number of nitrogens with one attached hydrogen (secondary N) is 1. The first-order chi connectivity index (χ1) is 7.20. The Bertz CT molecular complexity index is 349. The summed E-state index contributed by atoms with van der Waals surface area (Å²) in [6, 6.07) is 7.30. The Morgan fingerprint density at radius 3 is 2.93 bits per heavy atom. The van der Waals surface area contributed by atoms with Crippen molar-refractivity contribution >= 4 is 29.2 Å². The molecule has 3 heteroatoms. The fourth-order valence-corrected chi connectivity index (χ4v) is 3.48. The van der Waals surface area contributed by atoms with Gasteiger partial charge < -0.3 is 5.32 Å². The lowest BCUT2D eigenvalue weighted by Gasteiger charge is -2.29. The maximum Gasteiger partial charge on any atom is 0.0481 e. The largest absolute Gasteiger partial charge is 0.380 e. The molecular weight excluding hydrogens is 222 g/mol. The first kappa shape index (κ1) is 11.2. The van der Waals surface area contributed by atoms with Gasteiger partial charge in [0.1, 0.15) is 0 Å². The highest BCUT2D eigenvalue weighted by molar-refractivity contribution is 8.00. The number of thioether (sulfide) groups is 2. The van der Waals surface area contributed by atoms with Gasteiger partial charge in [0.15, 0.2) is 0 Å². The third-order valence-corrected chi connectivity index (χ3v) is 4.65. The maximum absolute atomic E-state index is 3.62. The van der Waals surface area contributed by atoms with Crippen LogP contribution >= 0.6 is 23.5 Å². The average molecular weight is 239 g/mol. The van der Waals surface area contributed by atoms with Crippen molar-refractivity contribution in [2.45, 2.75) is 29.7 Å². The van der Waals surface area contributed by atoms with Gasteiger partial charge in [-0.25, -0.2) is 0 Å². The van der Waals surface area contributed by atoms with Crippen molar-refractivity contribution in [2.75, 3.05) is 17.3 Å². The monoisotopic (exact) mass is 239 g/mol. The molecule has 2 rings (SSSR count). The van der Waals surface area contributed by atoms with E-state index in [1.165, 1.54) is 21.2 Å². The number of hydrogen-bond acceptors (Lipinski definition) is 3. The fourth-order valence-electron chi connectivity index (χ4n) is 1.65. The summed E-state index contributed by atoms with van der Waals surface area (Å²) in [6.07, 6.45) is 2.12. The Kier molecular flexibility index (Phi) is 3.52. The van der Waals surface area contributed by atoms with Crippen LogP contribution in [-0.4, -0.2) is 18.1 Å². The minimum atomic E-state index is 0.614. The van der Waals surface area contributed by atoms with E-state index >= 15 is 0 Å². The lowest BCUT2D eigenvalue weighted by Crippen LogP contribution is -2.30. The van der Waals surface area contributed by atoms with Gasteiger partial charge in [0.05, 0.1) is 0 Å². The molecule has 0 aromatic heterocycles. The van der Waals surface area contributed by atoms with E-state index in [-0.39, 0.29) is 0 Å². The average Bonchev–Trinajstić information content (AvgIpc) is 2.27. The molecule has 1 atom stereocenters. The van der Waals surface area contributed by atoms with Crippen molar-refractivity contribution in [3.8, 4) is 0 Å². The molecule has 1 nitrogen and oxygen atoms in total. The Morgan fingerprint density at radius 1 is 1.47 bits per heavy atom. The molecular formula is C12H17NS2. The molecule has 1 N–H and O–H groups in total. The Morgan fingerprint density at radius 2 is 2.27 bits per heavy atom. The van der Waals surface area contributed by atoms with E-state index in [1.807, 2.05) is 23.5 Å². The number of fused-ring (bicyclic) bond motifs is 1. The van der Waals surface area contributed by atoms with Crippen LogP contribution in [0.3, 0.4) is 0 Å². The molecule has 1 aliphatic heterocycles. The van der Waals surface area contributed by atoms with Crippen LogP contribution in [0.5, 0.6) is 0 Å². The van der Waals surface area contributed by atoms with E-state index in [2.05, 4.69) is 43.6 Å². The van der Waals surface area contributed by atoms with Crippen LogP contribution in [0.4, 0.5) is 5.69 Å². The molecule has 1 heterocycles. The zero-order valence-corrected chi connectivity index (χ0v) is 11.0. The number of hydrogen-bond donors (Lipinski definition) is 1. The summed E-state index contributed by atoms with van der Waals surface area (Å²) >= 11 is 3.79. The van der Waals surface area contributed by atoms with Crippen molar-refractivity contribution < 1.29 is 0 Å². The fraction of sp³-hybridized carbons (Fsp3) is 0.500. The summed E-state index contributed by atoms with van der Waals surface area (Å²) in [4.78, 5) is 2.75. The van der Waals surface area contributed by atoms with Gasteiger partial charge in [-0.1, -0.05) is 13.8 Å². The summed E-state index contributed by atoms with van der Waals surface area (Å²) in [7, 11) is 0. The number of rotatable bonds is 2. The quantitative estimate of drug-likeness (QED) is 0.785. The highest BCUT2D eigenvalue weighted by Crippen LogP contribution is 2.36. The number of anilines is 1. The molecule has 0 fully saturated rings. The van der Waals surface area contributed by atoms with Crippen LogP contribution in [-0.2, 0) is 0 Å². The molecule has 0 saturated heterocycles. The molecule has 15 heavy (non-hydrogen) atoms. The second kappa shape index (κ2) is 4.71. The van der Waals surface area contributed by atoms with Crippen LogP contribution in [0, 0.1) is 5.92 Å². The van der Waals surface area contributed by atoms with Gasteiger partial charge in [-0.05, 0) is 30.4 Å². The SMILES string of the molecule is CSc1ccc2c(c1)SCC(C(C)C)N2. The van der Waals surface area contributed by atoms with E-state index in [1.54, 1.807) is 0 Å². The summed E-state index contributed by atoms with van der Waals surface area (Å²) in [5.74, 6) is 1.88. The lowest BCUT2D eigenvalue weighted by atomic mass is 10.1. The van der Waals surface area contributed by atoms with Gasteiger partial charge in [-0.3, -0.25) is 0 Å². The van der Waals surface area contributed by atoms with Crippen molar-refractivity contribution in [1.82, 2.24) is 0 Å². The first-order valence-corrected chi connectivity index (χ1v) is 7.49. The highest BCUT2D eigenvalue weighted by atomic mass is 32.2. The first-order valence-electron chi connectivity index (χ1n) is 5.28. The maximum atomic E-state index is 3.62. The topological polar surface area (TPSA) is 12.0 Å². The second-order valence-electron chi connectivity index (χ2n) is 4.17. The van der Waals surface area contributed by atoms with E-state index in [4.69, 9.17) is 0 Å². The third-order valence-electron chi connectivity index (χ3n) is 2.75. The van der Waals surface area contributed by atoms with Crippen molar-refractivity contribution in [3.63, 3.8) is 0 Å². The molecule has 0 spiro atoms. The molecule has 0 amide bonds. The van der Waals surface area contributed by atoms with E-state index < -0.39 is 0 Å². The minimum Gasteiger partial charge on any atom is -0.380 e. The minimum absolute atomic E-state index is 0.614. The van der Waals surface area contributed by atoms with Crippen LogP contribution < -0.4 is 5.32 Å². The Balaban J connectivity index is 2.21. The molecule has 0 aliphatic carbocycles. The zero-order chi connectivity index (χ0) is 10.8. The van der Waals surface area contributed by atoms with Gasteiger partial charge >= 0.3 is 0 Å². The predicted molar refractivity (Wildman–Crippen MR) is 71.2 cm³/mol. The van der Waals surface area contributed by atoms with Crippen molar-refractivity contribution in [1.29, 1.82) is 0 Å². The van der Waals surface area contributed by atoms with E-state index in [0.29, 0.717) is 12.0 Å². The van der Waals surface area contributed by atoms with Crippen LogP contribution in [0.25, 0.3) is 0 Å². The molecule has 82 valence electrons. The van der Waals surface area contributed by atoms with Gasteiger partial charge in [-0.15, -0.1) is 23.5 Å². The summed E-state index contributed by atoms with van der Waals surface area (Å²) in [6.45, 7) is 4.55. The van der Waals surface area contributed by atoms with Gasteiger partial charge in [0, 0.05) is 27.3 Å². The van der Waals surface area contributed by atoms with E-state index in [9.17, 15) is 0 Å². The van der Waals surface area contributed by atoms with Crippen LogP contribution in [0.1, 0.15) is 13.8 Å². The van der Waals surface area contributed by atoms with Gasteiger partial charge in [-0.2, -0.15) is 0 Å². The predicted octanol–water partition coefficient (Wildman–Crippen LogP) is 3.95. The van der Waals surface area contributed by atoms with E-state index in [0.717, 1.165) is 0 Å². The normalized spacial score (nSPS) is 19.9. The third kappa shape index (κ3) is 2.45. The van der Waals surface area contributed by atoms with Crippen molar-refractivity contribution in [2.24, 2.45) is 5.92 Å². The molecule has 0 saturated carbocycles. The summed E-state index contributed by atoms with van der Waals surface area (Å²) < 4.78 is 0. The highest BCUT2D eigenvalue weighted by Gasteiger charge is 2.20.